The van der Waals surface area contributed by atoms with E-state index in [9.17, 15) is 19.7 Å². The monoisotopic (exact) mass is 597 g/mol. The van der Waals surface area contributed by atoms with E-state index in [1.807, 2.05) is 6.92 Å². The molecule has 4 aromatic rings. The maximum absolute atomic E-state index is 13.9. The van der Waals surface area contributed by atoms with E-state index in [-0.39, 0.29) is 22.0 Å². The van der Waals surface area contributed by atoms with Crippen LogP contribution in [0, 0.1) is 10.1 Å². The van der Waals surface area contributed by atoms with Crippen LogP contribution in [0.4, 0.5) is 5.69 Å². The Balaban J connectivity index is 1.41. The Bertz CT molecular complexity index is 1680. The fraction of sp³-hybridized carbons (Fsp3) is 0.259. The van der Waals surface area contributed by atoms with Crippen molar-refractivity contribution < 1.29 is 14.5 Å². The number of fused-ring (bicyclic) bond motifs is 3. The van der Waals surface area contributed by atoms with Gasteiger partial charge in [0.1, 0.15) is 10.6 Å². The second-order valence-corrected chi connectivity index (χ2v) is 11.3. The first kappa shape index (κ1) is 27.8. The van der Waals surface area contributed by atoms with Crippen molar-refractivity contribution in [3.8, 4) is 11.4 Å². The van der Waals surface area contributed by atoms with Crippen LogP contribution in [0.5, 0.6) is 5.75 Å². The minimum Gasteiger partial charge on any atom is -0.494 e. The Morgan fingerprint density at radius 2 is 2.05 bits per heavy atom. The molecule has 0 radical (unpaired) electrons. The number of carbonyl (C=O) groups is 1. The maximum atomic E-state index is 13.9. The lowest BCUT2D eigenvalue weighted by atomic mass is 9.97. The number of rotatable bonds is 9. The molecule has 0 aliphatic heterocycles. The molecule has 0 saturated heterocycles. The number of ether oxygens (including phenoxy) is 1. The number of nitro benzene ring substituents is 1. The Hall–Kier alpha value is -3.74. The van der Waals surface area contributed by atoms with E-state index in [4.69, 9.17) is 21.3 Å². The van der Waals surface area contributed by atoms with Crippen molar-refractivity contribution in [3.63, 3.8) is 0 Å². The number of aromatic nitrogens is 2. The lowest BCUT2D eigenvalue weighted by Crippen LogP contribution is -2.24. The number of aryl methyl sites for hydroxylation is 2. The number of nitro groups is 1. The lowest BCUT2D eigenvalue weighted by Gasteiger charge is -2.14. The van der Waals surface area contributed by atoms with Gasteiger partial charge in [0.05, 0.1) is 34.6 Å². The fourth-order valence-electron chi connectivity index (χ4n) is 4.45. The number of halogens is 1. The van der Waals surface area contributed by atoms with Crippen LogP contribution < -0.4 is 15.7 Å². The summed E-state index contributed by atoms with van der Waals surface area (Å²) < 4.78 is 7.09. The topological polar surface area (TPSA) is 129 Å². The van der Waals surface area contributed by atoms with Gasteiger partial charge in [-0.2, -0.15) is 5.10 Å². The third-order valence-corrected chi connectivity index (χ3v) is 8.75. The second kappa shape index (κ2) is 12.2. The van der Waals surface area contributed by atoms with E-state index in [1.165, 1.54) is 29.3 Å². The van der Waals surface area contributed by atoms with Gasteiger partial charge >= 0.3 is 0 Å². The summed E-state index contributed by atoms with van der Waals surface area (Å²) in [6, 6.07) is 11.1. The van der Waals surface area contributed by atoms with Gasteiger partial charge in [0, 0.05) is 27.6 Å². The average Bonchev–Trinajstić information content (AvgIpc) is 3.32. The molecule has 0 unspecified atom stereocenters. The summed E-state index contributed by atoms with van der Waals surface area (Å²) in [6.45, 7) is 2.43. The van der Waals surface area contributed by atoms with Gasteiger partial charge in [-0.1, -0.05) is 23.4 Å². The van der Waals surface area contributed by atoms with Gasteiger partial charge in [-0.25, -0.2) is 10.4 Å². The number of nitrogens with one attached hydrogen (secondary N) is 1. The SMILES string of the molecule is CCOc1ccc(-n2c(SCC(=O)NN=Cc3cc([N+](=O)[O-])ccc3Cl)nc3sc4c(c3c2=O)CCCC4)cc1. The van der Waals surface area contributed by atoms with E-state index in [2.05, 4.69) is 10.5 Å². The van der Waals surface area contributed by atoms with Gasteiger partial charge in [-0.3, -0.25) is 24.3 Å². The molecule has 0 fully saturated rings. The molecular formula is C27H24ClN5O5S2. The van der Waals surface area contributed by atoms with Crippen LogP contribution in [0.15, 0.2) is 57.5 Å². The van der Waals surface area contributed by atoms with E-state index >= 15 is 0 Å². The molecule has 2 aromatic heterocycles. The van der Waals surface area contributed by atoms with Crippen molar-refractivity contribution in [1.82, 2.24) is 15.0 Å². The van der Waals surface area contributed by atoms with E-state index in [0.717, 1.165) is 43.0 Å². The zero-order chi connectivity index (χ0) is 28.2. The molecule has 10 nitrogen and oxygen atoms in total. The summed E-state index contributed by atoms with van der Waals surface area (Å²) in [5.74, 6) is 0.178. The third kappa shape index (κ3) is 5.88. The molecule has 1 amide bonds. The van der Waals surface area contributed by atoms with Crippen molar-refractivity contribution in [3.05, 3.63) is 84.0 Å². The molecule has 206 valence electrons. The van der Waals surface area contributed by atoms with Crippen molar-refractivity contribution >= 4 is 62.7 Å². The van der Waals surface area contributed by atoms with Crippen molar-refractivity contribution in [1.29, 1.82) is 0 Å². The molecule has 1 N–H and O–H groups in total. The minimum absolute atomic E-state index is 0.0694. The van der Waals surface area contributed by atoms with Gasteiger partial charge < -0.3 is 4.74 Å². The summed E-state index contributed by atoms with van der Waals surface area (Å²) in [6.07, 6.45) is 5.18. The zero-order valence-corrected chi connectivity index (χ0v) is 23.8. The molecule has 0 saturated carbocycles. The number of carbonyl (C=O) groups excluding carboxylic acids is 1. The summed E-state index contributed by atoms with van der Waals surface area (Å²) in [5.41, 5.74) is 4.11. The molecule has 0 bridgehead atoms. The Morgan fingerprint density at radius 1 is 1.27 bits per heavy atom. The molecule has 5 rings (SSSR count). The predicted molar refractivity (Wildman–Crippen MR) is 158 cm³/mol. The highest BCUT2D eigenvalue weighted by molar-refractivity contribution is 7.99. The summed E-state index contributed by atoms with van der Waals surface area (Å²) in [5, 5.41) is 16.2. The van der Waals surface area contributed by atoms with E-state index < -0.39 is 10.8 Å². The Morgan fingerprint density at radius 3 is 2.80 bits per heavy atom. The highest BCUT2D eigenvalue weighted by atomic mass is 35.5. The molecule has 2 aromatic carbocycles. The number of thioether (sulfide) groups is 1. The van der Waals surface area contributed by atoms with Crippen molar-refractivity contribution in [2.45, 2.75) is 37.8 Å². The smallest absolute Gasteiger partial charge is 0.270 e. The first-order chi connectivity index (χ1) is 19.4. The van der Waals surface area contributed by atoms with Gasteiger partial charge in [0.2, 0.25) is 0 Å². The average molecular weight is 598 g/mol. The minimum atomic E-state index is -0.541. The number of amides is 1. The normalized spacial score (nSPS) is 12.9. The van der Waals surface area contributed by atoms with Crippen molar-refractivity contribution in [2.24, 2.45) is 5.10 Å². The number of nitrogens with zero attached hydrogens (tertiary/aromatic N) is 4. The number of non-ortho nitro benzene ring substituents is 1. The standard InChI is InChI=1S/C27H24ClN5O5S2/c1-2-38-19-10-7-17(8-11-19)32-26(35)24-20-5-3-4-6-22(20)40-25(24)30-27(32)39-15-23(34)31-29-14-16-13-18(33(36)37)9-12-21(16)28/h7-14H,2-6,15H2,1H3,(H,31,34). The highest BCUT2D eigenvalue weighted by Crippen LogP contribution is 2.35. The first-order valence-corrected chi connectivity index (χ1v) is 14.7. The van der Waals surface area contributed by atoms with Gasteiger partial charge in [-0.15, -0.1) is 11.3 Å². The molecule has 0 spiro atoms. The maximum Gasteiger partial charge on any atom is 0.270 e. The summed E-state index contributed by atoms with van der Waals surface area (Å²) in [7, 11) is 0. The van der Waals surface area contributed by atoms with Crippen LogP contribution in [0.1, 0.15) is 35.8 Å². The number of thiophene rings is 1. The molecule has 2 heterocycles. The fourth-order valence-corrected chi connectivity index (χ4v) is 6.72. The zero-order valence-electron chi connectivity index (χ0n) is 21.4. The first-order valence-electron chi connectivity index (χ1n) is 12.5. The molecule has 13 heteroatoms. The number of benzene rings is 2. The second-order valence-electron chi connectivity index (χ2n) is 8.90. The largest absolute Gasteiger partial charge is 0.494 e. The van der Waals surface area contributed by atoms with Crippen LogP contribution in [-0.4, -0.2) is 39.0 Å². The van der Waals surface area contributed by atoms with Gasteiger partial charge in [0.15, 0.2) is 5.16 Å². The molecule has 40 heavy (non-hydrogen) atoms. The molecule has 1 aliphatic rings. The van der Waals surface area contributed by atoms with Crippen LogP contribution in [-0.2, 0) is 17.6 Å². The summed E-state index contributed by atoms with van der Waals surface area (Å²) >= 11 is 8.75. The third-order valence-electron chi connectivity index (χ3n) is 6.28. The molecule has 1 aliphatic carbocycles. The van der Waals surface area contributed by atoms with Gasteiger partial charge in [0.25, 0.3) is 17.2 Å². The molecular weight excluding hydrogens is 574 g/mol. The summed E-state index contributed by atoms with van der Waals surface area (Å²) in [4.78, 5) is 43.7. The van der Waals surface area contributed by atoms with Gasteiger partial charge in [-0.05, 0) is 68.5 Å². The molecule has 0 atom stereocenters. The van der Waals surface area contributed by atoms with Crippen LogP contribution >= 0.6 is 34.7 Å². The quantitative estimate of drug-likeness (QED) is 0.0883. The van der Waals surface area contributed by atoms with Crippen LogP contribution in [0.25, 0.3) is 15.9 Å². The van der Waals surface area contributed by atoms with E-state index in [1.54, 1.807) is 40.2 Å². The van der Waals surface area contributed by atoms with Crippen LogP contribution in [0.3, 0.4) is 0 Å². The number of hydrazone groups is 1. The van der Waals surface area contributed by atoms with Crippen LogP contribution in [0.2, 0.25) is 5.02 Å². The predicted octanol–water partition coefficient (Wildman–Crippen LogP) is 5.53. The Labute approximate surface area is 242 Å². The number of hydrogen-bond donors (Lipinski definition) is 1. The number of hydrogen-bond acceptors (Lipinski definition) is 9. The highest BCUT2D eigenvalue weighted by Gasteiger charge is 2.23. The lowest BCUT2D eigenvalue weighted by molar-refractivity contribution is -0.384. The van der Waals surface area contributed by atoms with E-state index in [0.29, 0.717) is 39.0 Å². The Kier molecular flexibility index (Phi) is 8.48. The van der Waals surface area contributed by atoms with Crippen molar-refractivity contribution in [2.75, 3.05) is 12.4 Å².